The first-order valence-electron chi connectivity index (χ1n) is 10.2. The van der Waals surface area contributed by atoms with Crippen molar-refractivity contribution in [1.82, 2.24) is 0 Å². The molecule has 0 aliphatic carbocycles. The number of amides is 2. The number of hydrogen-bond donors (Lipinski definition) is 1. The Balaban J connectivity index is 1.54. The summed E-state index contributed by atoms with van der Waals surface area (Å²) in [5.74, 6) is -2.18. The zero-order chi connectivity index (χ0) is 21.8. The van der Waals surface area contributed by atoms with Gasteiger partial charge in [-0.1, -0.05) is 36.2 Å². The quantitative estimate of drug-likeness (QED) is 0.326. The van der Waals surface area contributed by atoms with Gasteiger partial charge in [-0.25, -0.2) is 4.90 Å². The molecule has 7 nitrogen and oxygen atoms in total. The van der Waals surface area contributed by atoms with E-state index in [-0.39, 0.29) is 24.8 Å². The summed E-state index contributed by atoms with van der Waals surface area (Å²) in [4.78, 5) is 28.2. The SMILES string of the molecule is [3H][B]SOCCC12C[C@H](O)C(O1)[C@@H]1C(=O)N(c3ccc(C#N)c4ccccc34)C(=O)[C@@H]12. The molecule has 2 amide bonds. The van der Waals surface area contributed by atoms with Gasteiger partial charge in [-0.2, -0.15) is 5.26 Å². The second kappa shape index (κ2) is 7.10. The van der Waals surface area contributed by atoms with Gasteiger partial charge in [0.2, 0.25) is 18.9 Å². The summed E-state index contributed by atoms with van der Waals surface area (Å²) in [5.41, 5.74) is -0.0604. The van der Waals surface area contributed by atoms with E-state index >= 15 is 0 Å². The molecule has 0 saturated carbocycles. The van der Waals surface area contributed by atoms with E-state index < -0.39 is 29.6 Å². The van der Waals surface area contributed by atoms with Gasteiger partial charge in [0, 0.05) is 23.6 Å². The zero-order valence-corrected chi connectivity index (χ0v) is 16.7. The topological polar surface area (TPSA) is 99.9 Å². The molecule has 30 heavy (non-hydrogen) atoms. The monoisotopic (exact) mass is 423 g/mol. The summed E-state index contributed by atoms with van der Waals surface area (Å²) in [6, 6.07) is 12.6. The van der Waals surface area contributed by atoms with Crippen LogP contribution in [0.25, 0.3) is 10.8 Å². The maximum atomic E-state index is 13.6. The number of hydrogen-bond acceptors (Lipinski definition) is 7. The van der Waals surface area contributed by atoms with E-state index in [1.54, 1.807) is 36.4 Å². The average Bonchev–Trinajstić information content (AvgIpc) is 3.37. The van der Waals surface area contributed by atoms with Crippen molar-refractivity contribution in [3.05, 3.63) is 42.0 Å². The van der Waals surface area contributed by atoms with E-state index in [0.717, 1.165) is 19.0 Å². The van der Waals surface area contributed by atoms with E-state index in [4.69, 9.17) is 10.3 Å². The number of rotatable bonds is 6. The van der Waals surface area contributed by atoms with Crippen molar-refractivity contribution in [2.75, 3.05) is 11.5 Å². The minimum absolute atomic E-state index is 0.226. The predicted octanol–water partition coefficient (Wildman–Crippen LogP) is 1.59. The van der Waals surface area contributed by atoms with Crippen molar-refractivity contribution in [2.45, 2.75) is 30.7 Å². The number of imide groups is 1. The minimum Gasteiger partial charge on any atom is -0.390 e. The van der Waals surface area contributed by atoms with Gasteiger partial charge in [0.1, 0.15) is 0 Å². The Bertz CT molecular complexity index is 1130. The van der Waals surface area contributed by atoms with Crippen molar-refractivity contribution in [3.63, 3.8) is 0 Å². The van der Waals surface area contributed by atoms with Crippen LogP contribution < -0.4 is 4.90 Å². The predicted molar refractivity (Wildman–Crippen MR) is 112 cm³/mol. The fraction of sp³-hybridized carbons (Fsp3) is 0.381. The molecule has 9 heteroatoms. The van der Waals surface area contributed by atoms with Crippen molar-refractivity contribution in [2.24, 2.45) is 11.8 Å². The molecule has 5 rings (SSSR count). The molecule has 2 bridgehead atoms. The lowest BCUT2D eigenvalue weighted by atomic mass is 9.70. The van der Waals surface area contributed by atoms with Crippen LogP contribution in [0.2, 0.25) is 0 Å². The third kappa shape index (κ3) is 2.58. The van der Waals surface area contributed by atoms with Crippen LogP contribution in [-0.4, -0.2) is 49.8 Å². The van der Waals surface area contributed by atoms with Crippen LogP contribution in [-0.2, 0) is 18.5 Å². The molecule has 3 fully saturated rings. The lowest BCUT2D eigenvalue weighted by molar-refractivity contribution is -0.128. The molecule has 2 aromatic carbocycles. The molecule has 5 atom stereocenters. The summed E-state index contributed by atoms with van der Waals surface area (Å²) in [7, 11) is 1.06. The van der Waals surface area contributed by atoms with E-state index in [0.29, 0.717) is 28.4 Å². The van der Waals surface area contributed by atoms with Crippen molar-refractivity contribution < 1.29 is 23.6 Å². The number of fused-ring (bicyclic) bond motifs is 6. The Morgan fingerprint density at radius 3 is 2.90 bits per heavy atom. The first kappa shape index (κ1) is 18.4. The van der Waals surface area contributed by atoms with Crippen LogP contribution in [0.1, 0.15) is 18.4 Å². The van der Waals surface area contributed by atoms with Crippen LogP contribution >= 0.6 is 11.9 Å². The first-order valence-corrected chi connectivity index (χ1v) is 10.5. The first-order chi connectivity index (χ1) is 15.0. The third-order valence-electron chi connectivity index (χ3n) is 6.52. The highest BCUT2D eigenvalue weighted by Crippen LogP contribution is 2.57. The Hall–Kier alpha value is -2.38. The summed E-state index contributed by atoms with van der Waals surface area (Å²) in [6.07, 6.45) is -0.959. The summed E-state index contributed by atoms with van der Waals surface area (Å²) in [6.45, 7) is 0.226. The standard InChI is InChI=1S/C21H18BN2O5S/c22-30-28-8-7-21-9-15(25)18(29-21)16-17(21)20(27)24(19(16)26)14-6-5-11(10-23)12-3-1-2-4-13(12)14/h1-6,15-18,22,25H,7-9H2/t15-,16+,17+,18?,21?/m0/s1/i22T. The third-order valence-corrected chi connectivity index (χ3v) is 6.82. The molecule has 3 saturated heterocycles. The number of benzene rings is 2. The van der Waals surface area contributed by atoms with Gasteiger partial charge in [-0.3, -0.25) is 9.59 Å². The van der Waals surface area contributed by atoms with E-state index in [1.165, 1.54) is 4.90 Å². The lowest BCUT2D eigenvalue weighted by Crippen LogP contribution is -2.45. The van der Waals surface area contributed by atoms with Gasteiger partial charge >= 0.3 is 0 Å². The van der Waals surface area contributed by atoms with Crippen molar-refractivity contribution in [1.29, 1.82) is 6.60 Å². The second-order valence-electron chi connectivity index (χ2n) is 7.89. The maximum Gasteiger partial charge on any atom is 0.240 e. The molecule has 2 aromatic rings. The van der Waals surface area contributed by atoms with E-state index in [9.17, 15) is 20.0 Å². The Morgan fingerprint density at radius 2 is 2.13 bits per heavy atom. The molecular weight excluding hydrogens is 403 g/mol. The van der Waals surface area contributed by atoms with Crippen LogP contribution in [0.15, 0.2) is 36.4 Å². The lowest BCUT2D eigenvalue weighted by Gasteiger charge is -2.31. The van der Waals surface area contributed by atoms with Crippen molar-refractivity contribution in [3.8, 4) is 6.07 Å². The molecule has 3 heterocycles. The number of nitrogens with zero attached hydrogens (tertiary/aromatic N) is 2. The second-order valence-corrected chi connectivity index (χ2v) is 8.32. The highest BCUT2D eigenvalue weighted by atomic mass is 32.2. The van der Waals surface area contributed by atoms with Crippen LogP contribution in [0.5, 0.6) is 0 Å². The van der Waals surface area contributed by atoms with Gasteiger partial charge in [-0.15, -0.1) is 0 Å². The number of ether oxygens (including phenoxy) is 1. The summed E-state index contributed by atoms with van der Waals surface area (Å²) >= 11 is 0.879. The van der Waals surface area contributed by atoms with E-state index in [2.05, 4.69) is 6.07 Å². The molecule has 3 aliphatic rings. The smallest absolute Gasteiger partial charge is 0.240 e. The van der Waals surface area contributed by atoms with E-state index in [1.807, 2.05) is 0 Å². The van der Waals surface area contributed by atoms with Gasteiger partial charge in [0.05, 0.1) is 53.6 Å². The Kier molecular flexibility index (Phi) is 4.35. The minimum atomic E-state index is -0.971. The molecule has 0 aromatic heterocycles. The fourth-order valence-corrected chi connectivity index (χ4v) is 5.53. The van der Waals surface area contributed by atoms with Crippen LogP contribution in [0.4, 0.5) is 5.69 Å². The maximum absolute atomic E-state index is 13.6. The Labute approximate surface area is 179 Å². The van der Waals surface area contributed by atoms with Crippen LogP contribution in [0, 0.1) is 23.2 Å². The normalized spacial score (nSPS) is 32.4. The number of nitriles is 1. The van der Waals surface area contributed by atoms with Gasteiger partial charge < -0.3 is 14.0 Å². The summed E-state index contributed by atoms with van der Waals surface area (Å²) < 4.78 is 18.4. The molecule has 1 radical (unpaired) electrons. The summed E-state index contributed by atoms with van der Waals surface area (Å²) in [5, 5.41) is 21.3. The van der Waals surface area contributed by atoms with Crippen molar-refractivity contribution >= 4 is 47.3 Å². The Morgan fingerprint density at radius 1 is 1.33 bits per heavy atom. The largest absolute Gasteiger partial charge is 0.390 e. The van der Waals surface area contributed by atoms with Crippen LogP contribution in [0.3, 0.4) is 0 Å². The zero-order valence-electron chi connectivity index (χ0n) is 16.9. The van der Waals surface area contributed by atoms with Gasteiger partial charge in [-0.05, 0) is 13.5 Å². The number of carbonyl (C=O) groups is 2. The number of aliphatic hydroxyl groups is 1. The number of aliphatic hydroxyl groups excluding tert-OH is 1. The number of anilines is 1. The molecule has 1 N–H and O–H groups in total. The highest BCUT2D eigenvalue weighted by molar-refractivity contribution is 8.15. The average molecular weight is 423 g/mol. The fourth-order valence-electron chi connectivity index (χ4n) is 5.35. The van der Waals surface area contributed by atoms with Gasteiger partial charge in [0.15, 0.2) is 0 Å². The molecule has 151 valence electrons. The molecule has 2 unspecified atom stereocenters. The molecule has 3 aliphatic heterocycles. The molecular formula is C21H18BN2O5S. The number of carbonyl (C=O) groups excluding carboxylic acids is 2. The van der Waals surface area contributed by atoms with Gasteiger partial charge in [0.25, 0.3) is 0 Å². The molecule has 0 spiro atoms. The highest BCUT2D eigenvalue weighted by Gasteiger charge is 2.72.